The summed E-state index contributed by atoms with van der Waals surface area (Å²) < 4.78 is 70.3. The molecule has 2 aliphatic heterocycles. The number of halogens is 3. The van der Waals surface area contributed by atoms with Crippen LogP contribution in [-0.4, -0.2) is 68.3 Å². The monoisotopic (exact) mass is 525 g/mol. The number of ether oxygens (including phenoxy) is 1. The molecule has 0 spiro atoms. The molecule has 12 heteroatoms. The van der Waals surface area contributed by atoms with E-state index in [4.69, 9.17) is 4.74 Å². The molecule has 2 aromatic rings. The maximum absolute atomic E-state index is 13.2. The van der Waals surface area contributed by atoms with Gasteiger partial charge in [0, 0.05) is 38.9 Å². The number of sulfonamides is 1. The van der Waals surface area contributed by atoms with Crippen molar-refractivity contribution < 1.29 is 35.9 Å². The average Bonchev–Trinajstić information content (AvgIpc) is 3.31. The van der Waals surface area contributed by atoms with Crippen LogP contribution in [0.15, 0.2) is 53.4 Å². The van der Waals surface area contributed by atoms with Gasteiger partial charge in [-0.3, -0.25) is 9.59 Å². The van der Waals surface area contributed by atoms with Crippen molar-refractivity contribution in [2.24, 2.45) is 0 Å². The number of benzene rings is 2. The molecule has 0 saturated carbocycles. The van der Waals surface area contributed by atoms with Gasteiger partial charge in [0.25, 0.3) is 5.91 Å². The van der Waals surface area contributed by atoms with Crippen molar-refractivity contribution in [2.45, 2.75) is 42.6 Å². The molecule has 2 aliphatic rings. The van der Waals surface area contributed by atoms with Gasteiger partial charge in [-0.25, -0.2) is 8.42 Å². The van der Waals surface area contributed by atoms with Crippen LogP contribution >= 0.6 is 0 Å². The summed E-state index contributed by atoms with van der Waals surface area (Å²) in [6.07, 6.45) is -3.58. The van der Waals surface area contributed by atoms with E-state index in [1.165, 1.54) is 52.7 Å². The first-order chi connectivity index (χ1) is 17.0. The molecule has 2 saturated heterocycles. The number of alkyl halides is 3. The van der Waals surface area contributed by atoms with E-state index in [0.717, 1.165) is 12.1 Å². The standard InChI is InChI=1S/C24H26F3N3O5S/c1-35-19-14-29(15-19)36(33,34)20-5-2-4-17(12-20)23(32)30-11-3-6-21(30)22(31)28-13-16-7-9-18(10-8-16)24(25,26)27/h2,4-5,7-10,12,19,21H,3,6,11,13-15H2,1H3,(H,28,31)/t21-/m1/s1. The zero-order chi connectivity index (χ0) is 26.1. The quantitative estimate of drug-likeness (QED) is 0.600. The maximum Gasteiger partial charge on any atom is 0.416 e. The Labute approximate surface area is 207 Å². The second-order valence-electron chi connectivity index (χ2n) is 8.78. The predicted octanol–water partition coefficient (Wildman–Crippen LogP) is 2.65. The zero-order valence-electron chi connectivity index (χ0n) is 19.5. The average molecular weight is 526 g/mol. The predicted molar refractivity (Wildman–Crippen MR) is 123 cm³/mol. The minimum absolute atomic E-state index is 0.00888. The normalized spacial score (nSPS) is 19.2. The van der Waals surface area contributed by atoms with Crippen molar-refractivity contribution in [1.29, 1.82) is 0 Å². The molecule has 194 valence electrons. The smallest absolute Gasteiger partial charge is 0.379 e. The molecule has 8 nitrogen and oxygen atoms in total. The molecule has 2 fully saturated rings. The van der Waals surface area contributed by atoms with Gasteiger partial charge in [0.05, 0.1) is 16.6 Å². The lowest BCUT2D eigenvalue weighted by molar-refractivity contribution is -0.137. The van der Waals surface area contributed by atoms with Gasteiger partial charge in [-0.1, -0.05) is 18.2 Å². The van der Waals surface area contributed by atoms with Crippen molar-refractivity contribution >= 4 is 21.8 Å². The van der Waals surface area contributed by atoms with E-state index in [2.05, 4.69) is 5.32 Å². The number of methoxy groups -OCH3 is 1. The van der Waals surface area contributed by atoms with Crippen molar-refractivity contribution in [1.82, 2.24) is 14.5 Å². The Hall–Kier alpha value is -2.96. The molecule has 1 atom stereocenters. The largest absolute Gasteiger partial charge is 0.416 e. The summed E-state index contributed by atoms with van der Waals surface area (Å²) in [5.74, 6) is -0.881. The van der Waals surface area contributed by atoms with E-state index in [0.29, 0.717) is 24.9 Å². The van der Waals surface area contributed by atoms with E-state index in [-0.39, 0.29) is 36.2 Å². The van der Waals surface area contributed by atoms with Crippen LogP contribution in [0.2, 0.25) is 0 Å². The second kappa shape index (κ2) is 10.2. The second-order valence-corrected chi connectivity index (χ2v) is 10.7. The van der Waals surface area contributed by atoms with Crippen LogP contribution in [0, 0.1) is 0 Å². The number of carbonyl (C=O) groups is 2. The van der Waals surface area contributed by atoms with E-state index in [1.807, 2.05) is 0 Å². The first-order valence-corrected chi connectivity index (χ1v) is 12.8. The molecule has 0 aromatic heterocycles. The minimum Gasteiger partial charge on any atom is -0.379 e. The summed E-state index contributed by atoms with van der Waals surface area (Å²) >= 11 is 0. The number of carbonyl (C=O) groups excluding carboxylic acids is 2. The summed E-state index contributed by atoms with van der Waals surface area (Å²) in [5.41, 5.74) is -0.129. The van der Waals surface area contributed by atoms with Crippen LogP contribution in [-0.2, 0) is 32.3 Å². The molecule has 36 heavy (non-hydrogen) atoms. The Kier molecular flexibility index (Phi) is 7.39. The number of hydrogen-bond acceptors (Lipinski definition) is 5. The van der Waals surface area contributed by atoms with Crippen LogP contribution in [0.5, 0.6) is 0 Å². The van der Waals surface area contributed by atoms with Crippen LogP contribution in [0.1, 0.15) is 34.3 Å². The summed E-state index contributed by atoms with van der Waals surface area (Å²) in [6.45, 7) is 0.825. The van der Waals surface area contributed by atoms with Crippen molar-refractivity contribution in [3.63, 3.8) is 0 Å². The van der Waals surface area contributed by atoms with Crippen molar-refractivity contribution in [2.75, 3.05) is 26.7 Å². The molecule has 0 unspecified atom stereocenters. The lowest BCUT2D eigenvalue weighted by atomic mass is 10.1. The third kappa shape index (κ3) is 5.40. The molecule has 4 rings (SSSR count). The number of likely N-dealkylation sites (tertiary alicyclic amines) is 1. The third-order valence-electron chi connectivity index (χ3n) is 6.43. The molecule has 2 heterocycles. The minimum atomic E-state index is -4.44. The summed E-state index contributed by atoms with van der Waals surface area (Å²) in [4.78, 5) is 27.4. The van der Waals surface area contributed by atoms with Gasteiger partial charge in [-0.2, -0.15) is 17.5 Å². The molecule has 0 radical (unpaired) electrons. The van der Waals surface area contributed by atoms with Gasteiger partial charge >= 0.3 is 6.18 Å². The van der Waals surface area contributed by atoms with Gasteiger partial charge in [-0.05, 0) is 48.7 Å². The Balaban J connectivity index is 1.41. The number of rotatable bonds is 7. The third-order valence-corrected chi connectivity index (χ3v) is 8.26. The van der Waals surface area contributed by atoms with E-state index >= 15 is 0 Å². The Bertz CT molecular complexity index is 1230. The van der Waals surface area contributed by atoms with Crippen LogP contribution < -0.4 is 5.32 Å². The fraction of sp³-hybridized carbons (Fsp3) is 0.417. The fourth-order valence-electron chi connectivity index (χ4n) is 4.25. The SMILES string of the molecule is COC1CN(S(=O)(=O)c2cccc(C(=O)N3CCC[C@@H]3C(=O)NCc3ccc(C(F)(F)F)cc3)c2)C1. The zero-order valence-corrected chi connectivity index (χ0v) is 20.3. The molecule has 2 amide bonds. The highest BCUT2D eigenvalue weighted by Crippen LogP contribution is 2.29. The molecule has 0 bridgehead atoms. The number of amides is 2. The van der Waals surface area contributed by atoms with Crippen LogP contribution in [0.3, 0.4) is 0 Å². The lowest BCUT2D eigenvalue weighted by Gasteiger charge is -2.36. The van der Waals surface area contributed by atoms with Crippen LogP contribution in [0.25, 0.3) is 0 Å². The Morgan fingerprint density at radius 1 is 1.11 bits per heavy atom. The van der Waals surface area contributed by atoms with Crippen LogP contribution in [0.4, 0.5) is 13.2 Å². The van der Waals surface area contributed by atoms with E-state index in [1.54, 1.807) is 0 Å². The molecule has 0 aliphatic carbocycles. The number of nitrogens with zero attached hydrogens (tertiary/aromatic N) is 2. The van der Waals surface area contributed by atoms with Gasteiger partial charge < -0.3 is 15.0 Å². The topological polar surface area (TPSA) is 96.0 Å². The number of hydrogen-bond donors (Lipinski definition) is 1. The fourth-order valence-corrected chi connectivity index (χ4v) is 5.80. The lowest BCUT2D eigenvalue weighted by Crippen LogP contribution is -2.54. The van der Waals surface area contributed by atoms with Crippen molar-refractivity contribution in [3.05, 3.63) is 65.2 Å². The first-order valence-electron chi connectivity index (χ1n) is 11.4. The summed E-state index contributed by atoms with van der Waals surface area (Å²) in [7, 11) is -2.26. The highest BCUT2D eigenvalue weighted by molar-refractivity contribution is 7.89. The molecule has 2 aromatic carbocycles. The Morgan fingerprint density at radius 3 is 2.44 bits per heavy atom. The van der Waals surface area contributed by atoms with Gasteiger partial charge in [-0.15, -0.1) is 0 Å². The molecular weight excluding hydrogens is 499 g/mol. The summed E-state index contributed by atoms with van der Waals surface area (Å²) in [5, 5.41) is 2.68. The first kappa shape index (κ1) is 26.1. The molecule has 1 N–H and O–H groups in total. The van der Waals surface area contributed by atoms with Gasteiger partial charge in [0.1, 0.15) is 6.04 Å². The summed E-state index contributed by atoms with van der Waals surface area (Å²) in [6, 6.07) is 9.45. The maximum atomic E-state index is 13.2. The Morgan fingerprint density at radius 2 is 1.81 bits per heavy atom. The van der Waals surface area contributed by atoms with Gasteiger partial charge in [0.2, 0.25) is 15.9 Å². The molecular formula is C24H26F3N3O5S. The highest BCUT2D eigenvalue weighted by Gasteiger charge is 2.38. The van der Waals surface area contributed by atoms with Crippen molar-refractivity contribution in [3.8, 4) is 0 Å². The van der Waals surface area contributed by atoms with E-state index in [9.17, 15) is 31.2 Å². The highest BCUT2D eigenvalue weighted by atomic mass is 32.2. The van der Waals surface area contributed by atoms with E-state index < -0.39 is 39.6 Å². The number of nitrogens with one attached hydrogen (secondary N) is 1. The van der Waals surface area contributed by atoms with Gasteiger partial charge in [0.15, 0.2) is 0 Å².